The van der Waals surface area contributed by atoms with Gasteiger partial charge in [-0.3, -0.25) is 4.79 Å². The second-order valence-electron chi connectivity index (χ2n) is 4.84. The number of likely N-dealkylation sites (tertiary alicyclic amines) is 1. The van der Waals surface area contributed by atoms with Crippen molar-refractivity contribution < 1.29 is 9.53 Å². The van der Waals surface area contributed by atoms with E-state index in [0.717, 1.165) is 32.5 Å². The molecule has 16 heavy (non-hydrogen) atoms. The monoisotopic (exact) mass is 227 g/mol. The largest absolute Gasteiger partial charge is 0.380 e. The lowest BCUT2D eigenvalue weighted by atomic mass is 9.95. The van der Waals surface area contributed by atoms with Crippen LogP contribution in [0.25, 0.3) is 0 Å². The van der Waals surface area contributed by atoms with E-state index in [1.54, 1.807) is 7.11 Å². The molecular weight excluding hydrogens is 202 g/mol. The smallest absolute Gasteiger partial charge is 0.132 e. The molecule has 0 aromatic heterocycles. The quantitative estimate of drug-likeness (QED) is 0.696. The van der Waals surface area contributed by atoms with Gasteiger partial charge in [-0.15, -0.1) is 0 Å². The number of hydrogen-bond acceptors (Lipinski definition) is 3. The fourth-order valence-electron chi connectivity index (χ4n) is 2.28. The van der Waals surface area contributed by atoms with Gasteiger partial charge in [0.2, 0.25) is 0 Å². The minimum atomic E-state index is 0.371. The highest BCUT2D eigenvalue weighted by atomic mass is 16.5. The summed E-state index contributed by atoms with van der Waals surface area (Å²) >= 11 is 0. The number of rotatable bonds is 6. The third-order valence-corrected chi connectivity index (χ3v) is 3.60. The summed E-state index contributed by atoms with van der Waals surface area (Å²) in [5.74, 6) is 1.05. The maximum atomic E-state index is 11.2. The highest BCUT2D eigenvalue weighted by Crippen LogP contribution is 2.19. The zero-order valence-corrected chi connectivity index (χ0v) is 10.9. The molecular formula is C13H25NO2. The molecule has 0 saturated carbocycles. The summed E-state index contributed by atoms with van der Waals surface area (Å²) in [5.41, 5.74) is 0. The molecule has 3 nitrogen and oxygen atoms in total. The predicted octanol–water partition coefficient (Wildman–Crippen LogP) is 2.10. The van der Waals surface area contributed by atoms with Crippen molar-refractivity contribution in [3.8, 4) is 0 Å². The van der Waals surface area contributed by atoms with E-state index >= 15 is 0 Å². The standard InChI is InChI=1S/C13H25NO2/c1-4-12(15)6-5-8-14-9-7-11(2)13(10-14)16-3/h11,13H,4-10H2,1-3H3. The molecule has 0 aromatic carbocycles. The Balaban J connectivity index is 2.20. The molecule has 2 unspecified atom stereocenters. The van der Waals surface area contributed by atoms with Crippen LogP contribution in [0.5, 0.6) is 0 Å². The number of nitrogens with zero attached hydrogens (tertiary/aromatic N) is 1. The number of piperidine rings is 1. The molecule has 1 heterocycles. The zero-order chi connectivity index (χ0) is 12.0. The van der Waals surface area contributed by atoms with Crippen LogP contribution in [0, 0.1) is 5.92 Å². The van der Waals surface area contributed by atoms with Crippen LogP contribution in [0.3, 0.4) is 0 Å². The first-order valence-corrected chi connectivity index (χ1v) is 6.44. The molecule has 0 amide bonds. The van der Waals surface area contributed by atoms with E-state index in [4.69, 9.17) is 4.74 Å². The fourth-order valence-corrected chi connectivity index (χ4v) is 2.28. The number of carbonyl (C=O) groups excluding carboxylic acids is 1. The van der Waals surface area contributed by atoms with Crippen LogP contribution in [-0.2, 0) is 9.53 Å². The van der Waals surface area contributed by atoms with E-state index in [2.05, 4.69) is 11.8 Å². The first-order chi connectivity index (χ1) is 7.67. The van der Waals surface area contributed by atoms with Gasteiger partial charge in [-0.25, -0.2) is 0 Å². The van der Waals surface area contributed by atoms with E-state index in [0.29, 0.717) is 24.2 Å². The maximum Gasteiger partial charge on any atom is 0.132 e. The summed E-state index contributed by atoms with van der Waals surface area (Å²) < 4.78 is 5.47. The molecule has 3 heteroatoms. The number of ketones is 1. The molecule has 0 aliphatic carbocycles. The minimum Gasteiger partial charge on any atom is -0.380 e. The highest BCUT2D eigenvalue weighted by molar-refractivity contribution is 5.77. The summed E-state index contributed by atoms with van der Waals surface area (Å²) in [6, 6.07) is 0. The van der Waals surface area contributed by atoms with Crippen LogP contribution in [-0.4, -0.2) is 43.5 Å². The van der Waals surface area contributed by atoms with Gasteiger partial charge in [0.1, 0.15) is 5.78 Å². The third-order valence-electron chi connectivity index (χ3n) is 3.60. The fraction of sp³-hybridized carbons (Fsp3) is 0.923. The Kier molecular flexibility index (Phi) is 5.99. The van der Waals surface area contributed by atoms with Crippen molar-refractivity contribution in [1.82, 2.24) is 4.90 Å². The Labute approximate surface area is 99.1 Å². The molecule has 0 N–H and O–H groups in total. The highest BCUT2D eigenvalue weighted by Gasteiger charge is 2.25. The van der Waals surface area contributed by atoms with Gasteiger partial charge in [-0.1, -0.05) is 13.8 Å². The molecule has 1 aliphatic rings. The lowest BCUT2D eigenvalue weighted by molar-refractivity contribution is -0.118. The molecule has 1 aliphatic heterocycles. The Morgan fingerprint density at radius 3 is 2.88 bits per heavy atom. The first kappa shape index (κ1) is 13.7. The molecule has 2 atom stereocenters. The van der Waals surface area contributed by atoms with Crippen molar-refractivity contribution >= 4 is 5.78 Å². The summed E-state index contributed by atoms with van der Waals surface area (Å²) in [7, 11) is 1.80. The average Bonchev–Trinajstić information content (AvgIpc) is 2.31. The average molecular weight is 227 g/mol. The Morgan fingerprint density at radius 1 is 1.50 bits per heavy atom. The summed E-state index contributed by atoms with van der Waals surface area (Å²) in [4.78, 5) is 13.6. The van der Waals surface area contributed by atoms with E-state index in [9.17, 15) is 4.79 Å². The van der Waals surface area contributed by atoms with Crippen molar-refractivity contribution in [1.29, 1.82) is 0 Å². The number of carbonyl (C=O) groups is 1. The van der Waals surface area contributed by atoms with Crippen molar-refractivity contribution in [2.45, 2.75) is 45.6 Å². The SMILES string of the molecule is CCC(=O)CCCN1CCC(C)C(OC)C1. The molecule has 0 bridgehead atoms. The van der Waals surface area contributed by atoms with Gasteiger partial charge in [-0.05, 0) is 31.8 Å². The molecule has 1 rings (SSSR count). The predicted molar refractivity (Wildman–Crippen MR) is 65.6 cm³/mol. The molecule has 1 saturated heterocycles. The van der Waals surface area contributed by atoms with E-state index in [-0.39, 0.29) is 0 Å². The topological polar surface area (TPSA) is 29.5 Å². The number of Topliss-reactive ketones (excluding diaryl/α,β-unsaturated/α-hetero) is 1. The van der Waals surface area contributed by atoms with Crippen LogP contribution < -0.4 is 0 Å². The molecule has 94 valence electrons. The molecule has 0 aromatic rings. The summed E-state index contributed by atoms with van der Waals surface area (Å²) in [5, 5.41) is 0. The van der Waals surface area contributed by atoms with Gasteiger partial charge >= 0.3 is 0 Å². The third kappa shape index (κ3) is 4.22. The van der Waals surface area contributed by atoms with Crippen molar-refractivity contribution in [2.24, 2.45) is 5.92 Å². The Hall–Kier alpha value is -0.410. The van der Waals surface area contributed by atoms with E-state index < -0.39 is 0 Å². The minimum absolute atomic E-state index is 0.371. The number of methoxy groups -OCH3 is 1. The number of hydrogen-bond donors (Lipinski definition) is 0. The first-order valence-electron chi connectivity index (χ1n) is 6.44. The second kappa shape index (κ2) is 7.02. The Bertz CT molecular complexity index is 218. The summed E-state index contributed by atoms with van der Waals surface area (Å²) in [6.45, 7) is 7.41. The van der Waals surface area contributed by atoms with Crippen LogP contribution in [0.4, 0.5) is 0 Å². The van der Waals surface area contributed by atoms with Gasteiger partial charge in [0.25, 0.3) is 0 Å². The van der Waals surface area contributed by atoms with Gasteiger partial charge in [0, 0.05) is 26.5 Å². The lowest BCUT2D eigenvalue weighted by Crippen LogP contribution is -2.44. The van der Waals surface area contributed by atoms with Gasteiger partial charge in [0.05, 0.1) is 6.10 Å². The van der Waals surface area contributed by atoms with Crippen LogP contribution in [0.1, 0.15) is 39.5 Å². The van der Waals surface area contributed by atoms with Crippen LogP contribution in [0.15, 0.2) is 0 Å². The van der Waals surface area contributed by atoms with E-state index in [1.807, 2.05) is 6.92 Å². The van der Waals surface area contributed by atoms with Crippen molar-refractivity contribution in [2.75, 3.05) is 26.7 Å². The normalized spacial score (nSPS) is 26.9. The van der Waals surface area contributed by atoms with Crippen LogP contribution >= 0.6 is 0 Å². The Morgan fingerprint density at radius 2 is 2.25 bits per heavy atom. The molecule has 1 fully saturated rings. The summed E-state index contributed by atoms with van der Waals surface area (Å²) in [6.07, 6.45) is 3.99. The molecule has 0 spiro atoms. The second-order valence-corrected chi connectivity index (χ2v) is 4.84. The maximum absolute atomic E-state index is 11.2. The van der Waals surface area contributed by atoms with Gasteiger partial charge in [-0.2, -0.15) is 0 Å². The van der Waals surface area contributed by atoms with Crippen LogP contribution in [0.2, 0.25) is 0 Å². The van der Waals surface area contributed by atoms with Gasteiger partial charge < -0.3 is 9.64 Å². The van der Waals surface area contributed by atoms with Crippen molar-refractivity contribution in [3.63, 3.8) is 0 Å². The van der Waals surface area contributed by atoms with E-state index in [1.165, 1.54) is 6.42 Å². The van der Waals surface area contributed by atoms with Crippen molar-refractivity contribution in [3.05, 3.63) is 0 Å². The lowest BCUT2D eigenvalue weighted by Gasteiger charge is -2.36. The number of ether oxygens (including phenoxy) is 1. The molecule has 0 radical (unpaired) electrons. The zero-order valence-electron chi connectivity index (χ0n) is 10.9. The van der Waals surface area contributed by atoms with Gasteiger partial charge in [0.15, 0.2) is 0 Å².